The first-order chi connectivity index (χ1) is 13.7. The van der Waals surface area contributed by atoms with E-state index in [9.17, 15) is 4.79 Å². The van der Waals surface area contributed by atoms with Gasteiger partial charge in [0.2, 0.25) is 0 Å². The summed E-state index contributed by atoms with van der Waals surface area (Å²) < 4.78 is 11.7. The van der Waals surface area contributed by atoms with Crippen LogP contribution in [0.4, 0.5) is 0 Å². The summed E-state index contributed by atoms with van der Waals surface area (Å²) in [7, 11) is 0. The van der Waals surface area contributed by atoms with E-state index in [-0.39, 0.29) is 0 Å². The van der Waals surface area contributed by atoms with Crippen molar-refractivity contribution < 1.29 is 14.3 Å². The summed E-state index contributed by atoms with van der Waals surface area (Å²) in [4.78, 5) is 12.6. The maximum atomic E-state index is 12.6. The van der Waals surface area contributed by atoms with Gasteiger partial charge in [-0.1, -0.05) is 67.3 Å². The Morgan fingerprint density at radius 3 is 1.79 bits per heavy atom. The maximum absolute atomic E-state index is 12.6. The molecule has 0 spiro atoms. The average Bonchev–Trinajstić information content (AvgIpc) is 2.75. The van der Waals surface area contributed by atoms with Gasteiger partial charge >= 0.3 is 5.97 Å². The van der Waals surface area contributed by atoms with Crippen LogP contribution in [0.3, 0.4) is 0 Å². The van der Waals surface area contributed by atoms with E-state index in [1.165, 1.54) is 0 Å². The number of carbonyl (C=O) groups excluding carboxylic acids is 1. The number of carbonyl (C=O) groups is 1. The van der Waals surface area contributed by atoms with Crippen molar-refractivity contribution in [1.82, 2.24) is 0 Å². The molecule has 0 atom stereocenters. The third-order valence-electron chi connectivity index (χ3n) is 4.59. The molecule has 28 heavy (non-hydrogen) atoms. The van der Waals surface area contributed by atoms with Crippen molar-refractivity contribution in [3.8, 4) is 11.5 Å². The first-order valence-corrected chi connectivity index (χ1v) is 9.24. The predicted molar refractivity (Wildman–Crippen MR) is 111 cm³/mol. The number of benzene rings is 3. The summed E-state index contributed by atoms with van der Waals surface area (Å²) >= 11 is 0. The van der Waals surface area contributed by atoms with Gasteiger partial charge in [-0.2, -0.15) is 0 Å². The fraction of sp³-hybridized carbons (Fsp3) is 0.0800. The van der Waals surface area contributed by atoms with Gasteiger partial charge in [0, 0.05) is 5.56 Å². The molecule has 138 valence electrons. The predicted octanol–water partition coefficient (Wildman–Crippen LogP) is 4.31. The highest BCUT2D eigenvalue weighted by Crippen LogP contribution is 2.29. The van der Waals surface area contributed by atoms with E-state index in [2.05, 4.69) is 18.7 Å². The minimum atomic E-state index is -0.421. The van der Waals surface area contributed by atoms with Gasteiger partial charge in [-0.25, -0.2) is 4.79 Å². The number of ether oxygens (including phenoxy) is 2. The number of hydrogen-bond acceptors (Lipinski definition) is 3. The molecule has 0 amide bonds. The molecule has 0 saturated heterocycles. The fourth-order valence-electron chi connectivity index (χ4n) is 3.13. The molecule has 3 heteroatoms. The topological polar surface area (TPSA) is 35.5 Å². The molecule has 0 aromatic heterocycles. The van der Waals surface area contributed by atoms with E-state index in [1.807, 2.05) is 48.5 Å². The molecule has 0 radical (unpaired) electrons. The third-order valence-corrected chi connectivity index (χ3v) is 4.59. The Labute approximate surface area is 163 Å². The van der Waals surface area contributed by atoms with Crippen LogP contribution >= 0.6 is 0 Å². The Morgan fingerprint density at radius 1 is 0.714 bits per heavy atom. The van der Waals surface area contributed by atoms with Crippen molar-refractivity contribution in [3.63, 3.8) is 0 Å². The van der Waals surface area contributed by atoms with Crippen LogP contribution < -0.4 is 19.9 Å². The zero-order valence-corrected chi connectivity index (χ0v) is 15.4. The molecular formula is C25H20O3. The molecule has 0 N–H and O–H groups in total. The SMILES string of the molecule is C=C(Oc1cc2c(cc1OC(=O)c1ccccc1)=CCCC=2)c1ccccc1. The molecular weight excluding hydrogens is 348 g/mol. The van der Waals surface area contributed by atoms with Crippen LogP contribution in [0, 0.1) is 0 Å². The van der Waals surface area contributed by atoms with Gasteiger partial charge in [0.15, 0.2) is 11.5 Å². The zero-order valence-electron chi connectivity index (χ0n) is 15.4. The van der Waals surface area contributed by atoms with Gasteiger partial charge in [-0.05, 0) is 47.5 Å². The van der Waals surface area contributed by atoms with Crippen LogP contribution in [-0.2, 0) is 0 Å². The Bertz CT molecular complexity index is 1040. The normalized spacial score (nSPS) is 12.1. The van der Waals surface area contributed by atoms with Crippen molar-refractivity contribution in [2.45, 2.75) is 12.8 Å². The van der Waals surface area contributed by atoms with Gasteiger partial charge in [-0.3, -0.25) is 0 Å². The third kappa shape index (κ3) is 3.89. The van der Waals surface area contributed by atoms with E-state index in [0.717, 1.165) is 28.8 Å². The highest BCUT2D eigenvalue weighted by molar-refractivity contribution is 5.91. The zero-order chi connectivity index (χ0) is 19.3. The molecule has 0 fully saturated rings. The summed E-state index contributed by atoms with van der Waals surface area (Å²) in [6.07, 6.45) is 6.26. The molecule has 0 saturated carbocycles. The first kappa shape index (κ1) is 17.8. The summed E-state index contributed by atoms with van der Waals surface area (Å²) in [6, 6.07) is 22.3. The lowest BCUT2D eigenvalue weighted by atomic mass is 10.1. The second-order valence-corrected chi connectivity index (χ2v) is 6.56. The summed E-state index contributed by atoms with van der Waals surface area (Å²) in [6.45, 7) is 4.03. The minimum absolute atomic E-state index is 0.385. The van der Waals surface area contributed by atoms with Gasteiger partial charge in [-0.15, -0.1) is 0 Å². The molecule has 3 aromatic rings. The van der Waals surface area contributed by atoms with E-state index in [1.54, 1.807) is 24.3 Å². The van der Waals surface area contributed by atoms with Crippen LogP contribution in [0.2, 0.25) is 0 Å². The van der Waals surface area contributed by atoms with Crippen LogP contribution in [-0.4, -0.2) is 5.97 Å². The lowest BCUT2D eigenvalue weighted by Crippen LogP contribution is -2.27. The first-order valence-electron chi connectivity index (χ1n) is 9.24. The Morgan fingerprint density at radius 2 is 1.21 bits per heavy atom. The van der Waals surface area contributed by atoms with Crippen molar-refractivity contribution >= 4 is 23.9 Å². The van der Waals surface area contributed by atoms with Gasteiger partial charge in [0.25, 0.3) is 0 Å². The second-order valence-electron chi connectivity index (χ2n) is 6.56. The molecule has 4 rings (SSSR count). The van der Waals surface area contributed by atoms with Crippen molar-refractivity contribution in [1.29, 1.82) is 0 Å². The average molecular weight is 368 g/mol. The molecule has 1 aliphatic rings. The summed E-state index contributed by atoms with van der Waals surface area (Å²) in [5, 5.41) is 2.11. The molecule has 0 bridgehead atoms. The summed E-state index contributed by atoms with van der Waals surface area (Å²) in [5.41, 5.74) is 1.36. The molecule has 0 aliphatic heterocycles. The van der Waals surface area contributed by atoms with Crippen molar-refractivity contribution in [2.75, 3.05) is 0 Å². The molecule has 0 heterocycles. The van der Waals surface area contributed by atoms with Crippen molar-refractivity contribution in [3.05, 3.63) is 101 Å². The smallest absolute Gasteiger partial charge is 0.343 e. The lowest BCUT2D eigenvalue weighted by molar-refractivity contribution is 0.0730. The van der Waals surface area contributed by atoms with E-state index in [4.69, 9.17) is 9.47 Å². The highest BCUT2D eigenvalue weighted by Gasteiger charge is 2.15. The monoisotopic (exact) mass is 368 g/mol. The maximum Gasteiger partial charge on any atom is 0.343 e. The molecule has 3 aromatic carbocycles. The van der Waals surface area contributed by atoms with Gasteiger partial charge in [0.05, 0.1) is 5.56 Å². The second kappa shape index (κ2) is 7.97. The largest absolute Gasteiger partial charge is 0.453 e. The fourth-order valence-corrected chi connectivity index (χ4v) is 3.13. The van der Waals surface area contributed by atoms with E-state index < -0.39 is 5.97 Å². The van der Waals surface area contributed by atoms with E-state index >= 15 is 0 Å². The quantitative estimate of drug-likeness (QED) is 0.382. The number of hydrogen-bond donors (Lipinski definition) is 0. The lowest BCUT2D eigenvalue weighted by Gasteiger charge is -2.14. The standard InChI is InChI=1S/C25H20O3/c1-18(19-10-4-2-5-11-19)27-23-16-21-14-8-9-15-22(21)17-24(23)28-25(26)20-12-6-3-7-13-20/h2-7,10-17H,1,8-9H2. The minimum Gasteiger partial charge on any atom is -0.453 e. The van der Waals surface area contributed by atoms with Crippen molar-refractivity contribution in [2.24, 2.45) is 0 Å². The number of rotatable bonds is 5. The molecule has 0 unspecified atom stereocenters. The van der Waals surface area contributed by atoms with E-state index in [0.29, 0.717) is 22.8 Å². The highest BCUT2D eigenvalue weighted by atomic mass is 16.6. The van der Waals surface area contributed by atoms with Crippen LogP contribution in [0.25, 0.3) is 17.9 Å². The van der Waals surface area contributed by atoms with Crippen LogP contribution in [0.1, 0.15) is 28.8 Å². The number of esters is 1. The van der Waals surface area contributed by atoms with Crippen LogP contribution in [0.15, 0.2) is 79.4 Å². The number of fused-ring (bicyclic) bond motifs is 1. The van der Waals surface area contributed by atoms with Gasteiger partial charge < -0.3 is 9.47 Å². The molecule has 3 nitrogen and oxygen atoms in total. The summed E-state index contributed by atoms with van der Waals surface area (Å²) in [5.74, 6) is 0.938. The Hall–Kier alpha value is -3.59. The Kier molecular flexibility index (Phi) is 5.07. The van der Waals surface area contributed by atoms with Gasteiger partial charge in [0.1, 0.15) is 5.76 Å². The Balaban J connectivity index is 1.70. The van der Waals surface area contributed by atoms with Crippen LogP contribution in [0.5, 0.6) is 11.5 Å². The molecule has 1 aliphatic carbocycles.